The van der Waals surface area contributed by atoms with E-state index in [2.05, 4.69) is 16.8 Å². The van der Waals surface area contributed by atoms with Crippen LogP contribution >= 0.6 is 0 Å². The van der Waals surface area contributed by atoms with Gasteiger partial charge in [0.15, 0.2) is 0 Å². The quantitative estimate of drug-likeness (QED) is 0.909. The second-order valence-electron chi connectivity index (χ2n) is 5.63. The van der Waals surface area contributed by atoms with E-state index in [4.69, 9.17) is 4.42 Å². The number of aliphatic hydroxyl groups is 1. The van der Waals surface area contributed by atoms with E-state index < -0.39 is 5.60 Å². The van der Waals surface area contributed by atoms with Gasteiger partial charge < -0.3 is 9.52 Å². The third-order valence-electron chi connectivity index (χ3n) is 3.71. The highest BCUT2D eigenvalue weighted by atomic mass is 16.3. The summed E-state index contributed by atoms with van der Waals surface area (Å²) in [7, 11) is 0. The molecule has 3 rings (SSSR count). The second kappa shape index (κ2) is 5.38. The van der Waals surface area contributed by atoms with Crippen LogP contribution < -0.4 is 0 Å². The maximum absolute atomic E-state index is 10.2. The van der Waals surface area contributed by atoms with Crippen LogP contribution in [0.2, 0.25) is 0 Å². The van der Waals surface area contributed by atoms with Crippen molar-refractivity contribution in [2.75, 3.05) is 13.1 Å². The summed E-state index contributed by atoms with van der Waals surface area (Å²) in [5.74, 6) is 0.657. The number of β-amino-alcohol motifs (C(OH)–C–C–N with tert-alkyl or cyclic N) is 1. The van der Waals surface area contributed by atoms with E-state index in [1.54, 1.807) is 6.26 Å². The Kier molecular flexibility index (Phi) is 3.59. The first kappa shape index (κ1) is 13.3. The molecule has 1 saturated heterocycles. The summed E-state index contributed by atoms with van der Waals surface area (Å²) in [6.45, 7) is 4.30. The van der Waals surface area contributed by atoms with Gasteiger partial charge in [-0.1, -0.05) is 31.5 Å². The number of aromatic nitrogens is 1. The maximum Gasteiger partial charge on any atom is 0.226 e. The smallest absolute Gasteiger partial charge is 0.226 e. The standard InChI is InChI=1S/C16H20N2O2/c1-2-8-16(19)11-18(12-16)9-14-10-20-15(17-14)13-6-4-3-5-7-13/h3-7,10,19H,2,8-9,11-12H2,1H3. The van der Waals surface area contributed by atoms with Crippen molar-refractivity contribution < 1.29 is 9.52 Å². The van der Waals surface area contributed by atoms with Gasteiger partial charge in [0.2, 0.25) is 5.89 Å². The number of hydrogen-bond donors (Lipinski definition) is 1. The number of likely N-dealkylation sites (tertiary alicyclic amines) is 1. The fourth-order valence-electron chi connectivity index (χ4n) is 2.84. The van der Waals surface area contributed by atoms with E-state index in [0.717, 1.165) is 43.7 Å². The monoisotopic (exact) mass is 272 g/mol. The summed E-state index contributed by atoms with van der Waals surface area (Å²) >= 11 is 0. The number of nitrogens with zero attached hydrogens (tertiary/aromatic N) is 2. The summed E-state index contributed by atoms with van der Waals surface area (Å²) < 4.78 is 5.52. The fourth-order valence-corrected chi connectivity index (χ4v) is 2.84. The lowest BCUT2D eigenvalue weighted by Crippen LogP contribution is -2.60. The van der Waals surface area contributed by atoms with Crippen LogP contribution in [0.3, 0.4) is 0 Å². The molecule has 0 saturated carbocycles. The van der Waals surface area contributed by atoms with Crippen molar-refractivity contribution in [3.63, 3.8) is 0 Å². The minimum Gasteiger partial charge on any atom is -0.444 e. The first-order valence-corrected chi connectivity index (χ1v) is 7.13. The molecule has 1 N–H and O–H groups in total. The Morgan fingerprint density at radius 1 is 1.30 bits per heavy atom. The lowest BCUT2D eigenvalue weighted by Gasteiger charge is -2.46. The minimum absolute atomic E-state index is 0.485. The van der Waals surface area contributed by atoms with Crippen molar-refractivity contribution in [3.05, 3.63) is 42.3 Å². The predicted molar refractivity (Wildman–Crippen MR) is 77.1 cm³/mol. The van der Waals surface area contributed by atoms with Crippen molar-refractivity contribution in [1.82, 2.24) is 9.88 Å². The zero-order chi connectivity index (χ0) is 14.0. The lowest BCUT2D eigenvalue weighted by atomic mass is 9.89. The Labute approximate surface area is 119 Å². The molecule has 1 aliphatic heterocycles. The topological polar surface area (TPSA) is 49.5 Å². The van der Waals surface area contributed by atoms with Crippen molar-refractivity contribution in [2.24, 2.45) is 0 Å². The van der Waals surface area contributed by atoms with Crippen molar-refractivity contribution in [3.8, 4) is 11.5 Å². The normalized spacial score (nSPS) is 17.9. The molecule has 0 aliphatic carbocycles. The molecule has 1 aromatic carbocycles. The number of benzene rings is 1. The van der Waals surface area contributed by atoms with E-state index in [-0.39, 0.29) is 0 Å². The molecule has 0 radical (unpaired) electrons. The van der Waals surface area contributed by atoms with Crippen molar-refractivity contribution in [1.29, 1.82) is 0 Å². The molecule has 0 amide bonds. The summed E-state index contributed by atoms with van der Waals surface area (Å²) in [5.41, 5.74) is 1.42. The van der Waals surface area contributed by atoms with Gasteiger partial charge in [-0.3, -0.25) is 4.90 Å². The molecule has 0 spiro atoms. The molecule has 2 aromatic rings. The van der Waals surface area contributed by atoms with Crippen LogP contribution in [0.15, 0.2) is 41.0 Å². The second-order valence-corrected chi connectivity index (χ2v) is 5.63. The Balaban J connectivity index is 1.59. The van der Waals surface area contributed by atoms with Crippen LogP contribution in [-0.2, 0) is 6.54 Å². The molecular formula is C16H20N2O2. The molecule has 106 valence electrons. The number of rotatable bonds is 5. The van der Waals surface area contributed by atoms with Gasteiger partial charge in [-0.05, 0) is 18.6 Å². The van der Waals surface area contributed by atoms with Crippen LogP contribution in [0.5, 0.6) is 0 Å². The molecule has 2 heterocycles. The first-order valence-electron chi connectivity index (χ1n) is 7.13. The van der Waals surface area contributed by atoms with Crippen molar-refractivity contribution in [2.45, 2.75) is 31.9 Å². The predicted octanol–water partition coefficient (Wildman–Crippen LogP) is 2.69. The summed E-state index contributed by atoms with van der Waals surface area (Å²) in [4.78, 5) is 6.70. The van der Waals surface area contributed by atoms with Gasteiger partial charge in [0, 0.05) is 25.2 Å². The molecule has 1 aromatic heterocycles. The molecule has 4 heteroatoms. The van der Waals surface area contributed by atoms with Gasteiger partial charge in [0.1, 0.15) is 6.26 Å². The van der Waals surface area contributed by atoms with Gasteiger partial charge in [0.05, 0.1) is 11.3 Å². The molecule has 0 bridgehead atoms. The average Bonchev–Trinajstić information content (AvgIpc) is 2.87. The first-order chi connectivity index (χ1) is 9.68. The third kappa shape index (κ3) is 2.76. The van der Waals surface area contributed by atoms with E-state index in [9.17, 15) is 5.11 Å². The molecule has 0 atom stereocenters. The maximum atomic E-state index is 10.2. The van der Waals surface area contributed by atoms with E-state index >= 15 is 0 Å². The summed E-state index contributed by atoms with van der Waals surface area (Å²) in [5, 5.41) is 10.2. The molecule has 20 heavy (non-hydrogen) atoms. The Bertz CT molecular complexity index is 559. The zero-order valence-electron chi connectivity index (χ0n) is 11.7. The summed E-state index contributed by atoms with van der Waals surface area (Å²) in [6.07, 6.45) is 3.60. The molecular weight excluding hydrogens is 252 g/mol. The van der Waals surface area contributed by atoms with Gasteiger partial charge in [0.25, 0.3) is 0 Å². The van der Waals surface area contributed by atoms with E-state index in [1.807, 2.05) is 30.3 Å². The van der Waals surface area contributed by atoms with Crippen molar-refractivity contribution >= 4 is 0 Å². The minimum atomic E-state index is -0.485. The fraction of sp³-hybridized carbons (Fsp3) is 0.438. The zero-order valence-corrected chi connectivity index (χ0v) is 11.7. The SMILES string of the molecule is CCCC1(O)CN(Cc2coc(-c3ccccc3)n2)C1. The molecule has 0 unspecified atom stereocenters. The van der Waals surface area contributed by atoms with Crippen LogP contribution in [0.1, 0.15) is 25.5 Å². The molecule has 1 fully saturated rings. The number of oxazole rings is 1. The largest absolute Gasteiger partial charge is 0.444 e. The van der Waals surface area contributed by atoms with Crippen LogP contribution in [-0.4, -0.2) is 33.7 Å². The lowest BCUT2D eigenvalue weighted by molar-refractivity contribution is -0.107. The summed E-state index contributed by atoms with van der Waals surface area (Å²) in [6, 6.07) is 9.89. The highest BCUT2D eigenvalue weighted by Crippen LogP contribution is 2.27. The van der Waals surface area contributed by atoms with Gasteiger partial charge >= 0.3 is 0 Å². The Morgan fingerprint density at radius 2 is 2.05 bits per heavy atom. The third-order valence-corrected chi connectivity index (χ3v) is 3.71. The van der Waals surface area contributed by atoms with Crippen LogP contribution in [0, 0.1) is 0 Å². The van der Waals surface area contributed by atoms with E-state index in [0.29, 0.717) is 5.89 Å². The van der Waals surface area contributed by atoms with Crippen LogP contribution in [0.4, 0.5) is 0 Å². The highest BCUT2D eigenvalue weighted by Gasteiger charge is 2.40. The van der Waals surface area contributed by atoms with Gasteiger partial charge in [-0.15, -0.1) is 0 Å². The average molecular weight is 272 g/mol. The van der Waals surface area contributed by atoms with E-state index in [1.165, 1.54) is 0 Å². The van der Waals surface area contributed by atoms with Gasteiger partial charge in [-0.25, -0.2) is 4.98 Å². The highest BCUT2D eigenvalue weighted by molar-refractivity contribution is 5.52. The molecule has 4 nitrogen and oxygen atoms in total. The molecule has 1 aliphatic rings. The number of hydrogen-bond acceptors (Lipinski definition) is 4. The van der Waals surface area contributed by atoms with Crippen LogP contribution in [0.25, 0.3) is 11.5 Å². The Morgan fingerprint density at radius 3 is 2.75 bits per heavy atom. The Hall–Kier alpha value is -1.65. The van der Waals surface area contributed by atoms with Gasteiger partial charge in [-0.2, -0.15) is 0 Å².